The van der Waals surface area contributed by atoms with Crippen LogP contribution in [-0.2, 0) is 0 Å². The smallest absolute Gasteiger partial charge is 0.339 e. The van der Waals surface area contributed by atoms with Crippen molar-refractivity contribution in [3.63, 3.8) is 0 Å². The van der Waals surface area contributed by atoms with Crippen molar-refractivity contribution in [2.75, 3.05) is 0 Å². The van der Waals surface area contributed by atoms with Gasteiger partial charge in [0.25, 0.3) is 5.69 Å². The minimum absolute atomic E-state index is 0.0673. The fourth-order valence-corrected chi connectivity index (χ4v) is 1.51. The fourth-order valence-electron chi connectivity index (χ4n) is 1.25. The molecule has 7 heteroatoms. The van der Waals surface area contributed by atoms with Crippen molar-refractivity contribution in [2.24, 2.45) is 0 Å². The van der Waals surface area contributed by atoms with Crippen molar-refractivity contribution in [3.8, 4) is 5.75 Å². The maximum Gasteiger partial charge on any atom is 0.339 e. The zero-order chi connectivity index (χ0) is 14.1. The summed E-state index contributed by atoms with van der Waals surface area (Å²) in [6.45, 7) is 5.16. The Morgan fingerprint density at radius 3 is 2.39 bits per heavy atom. The summed E-state index contributed by atoms with van der Waals surface area (Å²) in [6.07, 6.45) is 0. The second-order valence-electron chi connectivity index (χ2n) is 4.58. The molecule has 0 aliphatic carbocycles. The van der Waals surface area contributed by atoms with E-state index in [0.29, 0.717) is 0 Å². The van der Waals surface area contributed by atoms with Crippen LogP contribution < -0.4 is 4.74 Å². The van der Waals surface area contributed by atoms with Gasteiger partial charge in [-0.1, -0.05) is 11.6 Å². The molecule has 0 amide bonds. The molecule has 0 saturated carbocycles. The van der Waals surface area contributed by atoms with Crippen LogP contribution in [0, 0.1) is 10.1 Å². The number of aromatic carboxylic acids is 1. The molecule has 0 radical (unpaired) electrons. The van der Waals surface area contributed by atoms with Gasteiger partial charge in [0.2, 0.25) is 0 Å². The van der Waals surface area contributed by atoms with Gasteiger partial charge in [-0.3, -0.25) is 10.1 Å². The number of non-ortho nitro benzene ring substituents is 1. The average Bonchev–Trinajstić information content (AvgIpc) is 2.18. The van der Waals surface area contributed by atoms with E-state index in [2.05, 4.69) is 0 Å². The van der Waals surface area contributed by atoms with Crippen LogP contribution in [0.5, 0.6) is 5.75 Å². The van der Waals surface area contributed by atoms with E-state index < -0.39 is 22.2 Å². The lowest BCUT2D eigenvalue weighted by Gasteiger charge is -2.23. The lowest BCUT2D eigenvalue weighted by molar-refractivity contribution is -0.384. The molecule has 0 atom stereocenters. The highest BCUT2D eigenvalue weighted by molar-refractivity contribution is 6.32. The van der Waals surface area contributed by atoms with Crippen LogP contribution in [-0.4, -0.2) is 21.6 Å². The number of nitro groups is 1. The Labute approximate surface area is 108 Å². The number of rotatable bonds is 3. The molecule has 0 aromatic heterocycles. The van der Waals surface area contributed by atoms with Crippen LogP contribution in [0.1, 0.15) is 31.1 Å². The molecule has 1 aromatic carbocycles. The van der Waals surface area contributed by atoms with Crippen LogP contribution in [0.15, 0.2) is 12.1 Å². The quantitative estimate of drug-likeness (QED) is 0.675. The number of benzene rings is 1. The highest BCUT2D eigenvalue weighted by Crippen LogP contribution is 2.35. The number of ether oxygens (including phenoxy) is 1. The monoisotopic (exact) mass is 273 g/mol. The molecule has 1 N–H and O–H groups in total. The van der Waals surface area contributed by atoms with E-state index in [4.69, 9.17) is 21.4 Å². The molecule has 0 saturated heterocycles. The van der Waals surface area contributed by atoms with Crippen molar-refractivity contribution in [1.82, 2.24) is 0 Å². The van der Waals surface area contributed by atoms with Crippen molar-refractivity contribution < 1.29 is 19.6 Å². The predicted octanol–water partition coefficient (Wildman–Crippen LogP) is 3.12. The van der Waals surface area contributed by atoms with E-state index in [0.717, 1.165) is 12.1 Å². The van der Waals surface area contributed by atoms with Gasteiger partial charge in [-0.2, -0.15) is 0 Å². The minimum atomic E-state index is -1.33. The molecule has 1 aromatic rings. The molecule has 0 aliphatic heterocycles. The second kappa shape index (κ2) is 4.81. The van der Waals surface area contributed by atoms with E-state index in [1.807, 2.05) is 0 Å². The molecule has 0 heterocycles. The van der Waals surface area contributed by atoms with Gasteiger partial charge in [-0.05, 0) is 20.8 Å². The Bertz CT molecular complexity index is 507. The van der Waals surface area contributed by atoms with Crippen molar-refractivity contribution in [2.45, 2.75) is 26.4 Å². The first-order chi connectivity index (χ1) is 8.11. The van der Waals surface area contributed by atoms with Gasteiger partial charge in [0.1, 0.15) is 11.2 Å². The number of hydrogen-bond donors (Lipinski definition) is 1. The van der Waals surface area contributed by atoms with Gasteiger partial charge < -0.3 is 9.84 Å². The third-order valence-corrected chi connectivity index (χ3v) is 2.16. The van der Waals surface area contributed by atoms with E-state index >= 15 is 0 Å². The van der Waals surface area contributed by atoms with Crippen molar-refractivity contribution in [3.05, 3.63) is 32.8 Å². The molecule has 0 fully saturated rings. The highest BCUT2D eigenvalue weighted by atomic mass is 35.5. The Morgan fingerprint density at radius 1 is 1.44 bits per heavy atom. The molecular weight excluding hydrogens is 262 g/mol. The standard InChI is InChI=1S/C11H12ClNO5/c1-11(2,3)18-9-7(10(14)15)4-6(13(16)17)5-8(9)12/h4-5H,1-3H3,(H,14,15). The number of carboxylic acids is 1. The molecule has 0 spiro atoms. The van der Waals surface area contributed by atoms with Gasteiger partial charge >= 0.3 is 5.97 Å². The number of halogens is 1. The molecule has 1 rings (SSSR count). The molecule has 0 bridgehead atoms. The topological polar surface area (TPSA) is 89.7 Å². The lowest BCUT2D eigenvalue weighted by Crippen LogP contribution is -2.24. The molecule has 6 nitrogen and oxygen atoms in total. The van der Waals surface area contributed by atoms with Gasteiger partial charge in [-0.15, -0.1) is 0 Å². The summed E-state index contributed by atoms with van der Waals surface area (Å²) >= 11 is 5.84. The maximum absolute atomic E-state index is 11.1. The van der Waals surface area contributed by atoms with Gasteiger partial charge in [0.15, 0.2) is 5.75 Å². The first kappa shape index (κ1) is 14.2. The number of nitrogens with zero attached hydrogens (tertiary/aromatic N) is 1. The summed E-state index contributed by atoms with van der Waals surface area (Å²) in [5, 5.41) is 19.6. The van der Waals surface area contributed by atoms with E-state index in [1.54, 1.807) is 20.8 Å². The largest absolute Gasteiger partial charge is 0.486 e. The zero-order valence-corrected chi connectivity index (χ0v) is 10.8. The molecular formula is C11H12ClNO5. The lowest BCUT2D eigenvalue weighted by atomic mass is 10.1. The minimum Gasteiger partial charge on any atom is -0.486 e. The van der Waals surface area contributed by atoms with Gasteiger partial charge in [0, 0.05) is 12.1 Å². The van der Waals surface area contributed by atoms with Crippen LogP contribution in [0.3, 0.4) is 0 Å². The molecule has 0 aliphatic rings. The van der Waals surface area contributed by atoms with Crippen LogP contribution in [0.2, 0.25) is 5.02 Å². The average molecular weight is 274 g/mol. The second-order valence-corrected chi connectivity index (χ2v) is 4.99. The number of hydrogen-bond acceptors (Lipinski definition) is 4. The van der Waals surface area contributed by atoms with E-state index in [9.17, 15) is 14.9 Å². The fraction of sp³-hybridized carbons (Fsp3) is 0.364. The van der Waals surface area contributed by atoms with E-state index in [1.165, 1.54) is 0 Å². The zero-order valence-electron chi connectivity index (χ0n) is 10.1. The maximum atomic E-state index is 11.1. The van der Waals surface area contributed by atoms with Crippen LogP contribution in [0.4, 0.5) is 5.69 Å². The Hall–Kier alpha value is -1.82. The summed E-state index contributed by atoms with van der Waals surface area (Å²) in [6, 6.07) is 1.99. The predicted molar refractivity (Wildman–Crippen MR) is 65.4 cm³/mol. The Kier molecular flexibility index (Phi) is 3.81. The number of carboxylic acid groups (broad SMARTS) is 1. The Morgan fingerprint density at radius 2 is 2.00 bits per heavy atom. The van der Waals surface area contributed by atoms with E-state index in [-0.39, 0.29) is 16.3 Å². The van der Waals surface area contributed by atoms with Crippen molar-refractivity contribution in [1.29, 1.82) is 0 Å². The van der Waals surface area contributed by atoms with Gasteiger partial charge in [-0.25, -0.2) is 4.79 Å². The summed E-state index contributed by atoms with van der Waals surface area (Å²) in [4.78, 5) is 21.0. The molecule has 18 heavy (non-hydrogen) atoms. The third-order valence-electron chi connectivity index (χ3n) is 1.88. The number of carbonyl (C=O) groups is 1. The first-order valence-electron chi connectivity index (χ1n) is 5.02. The third kappa shape index (κ3) is 3.33. The summed E-state index contributed by atoms with van der Waals surface area (Å²) in [5.41, 5.74) is -1.38. The molecule has 98 valence electrons. The summed E-state index contributed by atoms with van der Waals surface area (Å²) in [5.74, 6) is -1.40. The SMILES string of the molecule is CC(C)(C)Oc1c(Cl)cc([N+](=O)[O-])cc1C(=O)O. The normalized spacial score (nSPS) is 11.1. The van der Waals surface area contributed by atoms with Crippen molar-refractivity contribution >= 4 is 23.3 Å². The molecule has 0 unspecified atom stereocenters. The highest BCUT2D eigenvalue weighted by Gasteiger charge is 2.24. The number of nitro benzene ring substituents is 1. The first-order valence-corrected chi connectivity index (χ1v) is 5.40. The Balaban J connectivity index is 3.41. The summed E-state index contributed by atoms with van der Waals surface area (Å²) < 4.78 is 5.42. The van der Waals surface area contributed by atoms with Crippen LogP contribution in [0.25, 0.3) is 0 Å². The van der Waals surface area contributed by atoms with Crippen LogP contribution >= 0.6 is 11.6 Å². The summed E-state index contributed by atoms with van der Waals surface area (Å²) in [7, 11) is 0. The van der Waals surface area contributed by atoms with Gasteiger partial charge in [0.05, 0.1) is 9.95 Å².